The van der Waals surface area contributed by atoms with Gasteiger partial charge in [-0.25, -0.2) is 0 Å². The van der Waals surface area contributed by atoms with Crippen LogP contribution < -0.4 is 51.4 Å². The van der Waals surface area contributed by atoms with Crippen LogP contribution in [0.4, 0.5) is 0 Å². The van der Waals surface area contributed by atoms with Gasteiger partial charge in [-0.2, -0.15) is 0 Å². The molecule has 3 heteroatoms. The molecule has 0 saturated carbocycles. The second-order valence-electron chi connectivity index (χ2n) is 2.06. The Labute approximate surface area is 123 Å². The molecule has 0 N–H and O–H groups in total. The summed E-state index contributed by atoms with van der Waals surface area (Å²) in [4.78, 5) is 0. The average Bonchev–Trinajstić information content (AvgIpc) is 1.94. The van der Waals surface area contributed by atoms with Crippen LogP contribution in [0.2, 0.25) is 0 Å². The van der Waals surface area contributed by atoms with Gasteiger partial charge >= 0.3 is 51.4 Å². The van der Waals surface area contributed by atoms with Crippen molar-refractivity contribution in [3.63, 3.8) is 0 Å². The Bertz CT molecular complexity index is 40.6. The number of hydrogen-bond donors (Lipinski definition) is 0. The molecular formula is C7H17IKP. The van der Waals surface area contributed by atoms with E-state index in [9.17, 15) is 0 Å². The summed E-state index contributed by atoms with van der Waals surface area (Å²) < 4.78 is 0. The molecule has 10 heavy (non-hydrogen) atoms. The first kappa shape index (κ1) is 18.5. The first-order chi connectivity index (χ1) is 4.41. The van der Waals surface area contributed by atoms with Crippen LogP contribution in [0.1, 0.15) is 46.0 Å². The number of hydrogen-bond acceptors (Lipinski definition) is 0. The maximum Gasteiger partial charge on any atom is 1.00 e. The second-order valence-corrected chi connectivity index (χ2v) is 2.06. The molecule has 0 atom stereocenters. The van der Waals surface area contributed by atoms with Crippen molar-refractivity contribution in [3.8, 4) is 0 Å². The molecule has 0 aromatic rings. The largest absolute Gasteiger partial charge is 1.00 e. The predicted octanol–water partition coefficient (Wildman–Crippen LogP) is 1.46. The van der Waals surface area contributed by atoms with E-state index in [2.05, 4.69) is 20.3 Å². The van der Waals surface area contributed by atoms with Crippen LogP contribution in [0.25, 0.3) is 0 Å². The number of halogens is 1. The standard InChI is InChI=1S/C7H16.HIP.K/c1-3-5-7-6-4-2;1-2;/h3-7H2,1-2H3;1H;/q;-1;+1. The van der Waals surface area contributed by atoms with Gasteiger partial charge in [0, 0.05) is 0 Å². The van der Waals surface area contributed by atoms with Crippen molar-refractivity contribution in [2.45, 2.75) is 46.0 Å². The molecule has 0 fully saturated rings. The van der Waals surface area contributed by atoms with Gasteiger partial charge in [0.05, 0.1) is 0 Å². The van der Waals surface area contributed by atoms with Gasteiger partial charge in [-0.15, -0.1) is 0 Å². The minimum atomic E-state index is 0. The van der Waals surface area contributed by atoms with E-state index in [1.165, 1.54) is 32.1 Å². The molecule has 0 heterocycles. The van der Waals surface area contributed by atoms with Crippen molar-refractivity contribution in [2.75, 3.05) is 0 Å². The zero-order chi connectivity index (χ0) is 7.54. The van der Waals surface area contributed by atoms with E-state index in [4.69, 9.17) is 0 Å². The average molecular weight is 298 g/mol. The first-order valence-corrected chi connectivity index (χ1v) is 7.09. The third-order valence-corrected chi connectivity index (χ3v) is 1.21. The summed E-state index contributed by atoms with van der Waals surface area (Å²) in [6, 6.07) is 0. The fraction of sp³-hybridized carbons (Fsp3) is 1.00. The summed E-state index contributed by atoms with van der Waals surface area (Å²) in [6.45, 7) is 4.49. The summed E-state index contributed by atoms with van der Waals surface area (Å²) in [5.41, 5.74) is 0. The van der Waals surface area contributed by atoms with Crippen molar-refractivity contribution in [2.24, 2.45) is 0 Å². The molecular weight excluding hydrogens is 281 g/mol. The van der Waals surface area contributed by atoms with Crippen molar-refractivity contribution in [1.82, 2.24) is 0 Å². The van der Waals surface area contributed by atoms with E-state index < -0.39 is 0 Å². The molecule has 0 aliphatic carbocycles. The van der Waals surface area contributed by atoms with Crippen LogP contribution in [-0.4, -0.2) is 0 Å². The van der Waals surface area contributed by atoms with E-state index in [1.807, 2.05) is 0 Å². The van der Waals surface area contributed by atoms with Crippen LogP contribution in [0.3, 0.4) is 0 Å². The van der Waals surface area contributed by atoms with Crippen LogP contribution in [0.15, 0.2) is 0 Å². The van der Waals surface area contributed by atoms with Crippen LogP contribution >= 0.6 is 27.9 Å². The smallest absolute Gasteiger partial charge is 0.687 e. The number of unbranched alkanes of at least 4 members (excludes halogenated alkanes) is 4. The molecule has 0 aliphatic rings. The normalized spacial score (nSPS) is 7.10. The molecule has 0 aromatic carbocycles. The first-order valence-electron chi connectivity index (χ1n) is 3.60. The molecule has 0 spiro atoms. The van der Waals surface area contributed by atoms with Gasteiger partial charge < -0.3 is 27.9 Å². The quantitative estimate of drug-likeness (QED) is 0.319. The van der Waals surface area contributed by atoms with E-state index in [0.717, 1.165) is 0 Å². The SMILES string of the molecule is CCCCCCC.[K+].[P-]=[IH]. The van der Waals surface area contributed by atoms with E-state index in [1.54, 1.807) is 21.5 Å². The maximum absolute atomic E-state index is 3.54. The zero-order valence-corrected chi connectivity index (χ0v) is 13.7. The minimum absolute atomic E-state index is 0. The van der Waals surface area contributed by atoms with Crippen molar-refractivity contribution >= 4 is 27.9 Å². The Balaban J connectivity index is -0.000000149. The third-order valence-electron chi connectivity index (χ3n) is 1.21. The summed E-state index contributed by atoms with van der Waals surface area (Å²) >= 11 is 1.64. The molecule has 0 unspecified atom stereocenters. The van der Waals surface area contributed by atoms with Crippen LogP contribution in [-0.2, 0) is 0 Å². The Kier molecular flexibility index (Phi) is 41.7. The zero-order valence-electron chi connectivity index (χ0n) is 7.39. The fourth-order valence-corrected chi connectivity index (χ4v) is 0.677. The summed E-state index contributed by atoms with van der Waals surface area (Å²) in [6.07, 6.45) is 10.5. The molecule has 0 amide bonds. The molecule has 0 radical (unpaired) electrons. The molecule has 0 aliphatic heterocycles. The van der Waals surface area contributed by atoms with Gasteiger partial charge in [0.15, 0.2) is 0 Å². The van der Waals surface area contributed by atoms with Gasteiger partial charge in [-0.05, 0) is 0 Å². The summed E-state index contributed by atoms with van der Waals surface area (Å²) in [5, 5.41) is 0. The topological polar surface area (TPSA) is 0 Å². The van der Waals surface area contributed by atoms with Gasteiger partial charge in [-0.3, -0.25) is 0 Å². The second kappa shape index (κ2) is 22.6. The fourth-order valence-electron chi connectivity index (χ4n) is 0.677. The number of rotatable bonds is 4. The van der Waals surface area contributed by atoms with Crippen LogP contribution in [0, 0.1) is 0 Å². The van der Waals surface area contributed by atoms with Gasteiger partial charge in [0.2, 0.25) is 0 Å². The van der Waals surface area contributed by atoms with Crippen molar-refractivity contribution in [3.05, 3.63) is 0 Å². The Morgan fingerprint density at radius 3 is 1.40 bits per heavy atom. The van der Waals surface area contributed by atoms with E-state index in [-0.39, 0.29) is 51.4 Å². The third kappa shape index (κ3) is 22.4. The Morgan fingerprint density at radius 2 is 1.20 bits per heavy atom. The Hall–Kier alpha value is 2.67. The van der Waals surface area contributed by atoms with E-state index >= 15 is 0 Å². The summed E-state index contributed by atoms with van der Waals surface area (Å²) in [7, 11) is 0. The summed E-state index contributed by atoms with van der Waals surface area (Å²) in [5.74, 6) is 0. The molecule has 58 valence electrons. The minimum Gasteiger partial charge on any atom is -0.687 e. The molecule has 0 bridgehead atoms. The van der Waals surface area contributed by atoms with Crippen molar-refractivity contribution < 1.29 is 51.4 Å². The van der Waals surface area contributed by atoms with Crippen molar-refractivity contribution in [1.29, 1.82) is 0 Å². The van der Waals surface area contributed by atoms with Crippen LogP contribution in [0.5, 0.6) is 0 Å². The Morgan fingerprint density at radius 1 is 0.900 bits per heavy atom. The maximum atomic E-state index is 3.54. The molecule has 0 saturated heterocycles. The monoisotopic (exact) mass is 298 g/mol. The molecule has 0 nitrogen and oxygen atoms in total. The van der Waals surface area contributed by atoms with E-state index in [0.29, 0.717) is 0 Å². The molecule has 0 aromatic heterocycles. The molecule has 0 rings (SSSR count). The predicted molar refractivity (Wildman–Crippen MR) is 56.8 cm³/mol. The van der Waals surface area contributed by atoms with Gasteiger partial charge in [0.1, 0.15) is 0 Å². The van der Waals surface area contributed by atoms with Gasteiger partial charge in [-0.1, -0.05) is 46.0 Å². The van der Waals surface area contributed by atoms with Gasteiger partial charge in [0.25, 0.3) is 0 Å².